The maximum Gasteiger partial charge on any atom is 0.343 e. The van der Waals surface area contributed by atoms with Crippen LogP contribution in [0.5, 0.6) is 5.75 Å². The largest absolute Gasteiger partial charge is 0.595 e. The zero-order valence-corrected chi connectivity index (χ0v) is 17.8. The van der Waals surface area contributed by atoms with Gasteiger partial charge in [0.2, 0.25) is 0 Å². The third-order valence-electron chi connectivity index (χ3n) is 4.99. The summed E-state index contributed by atoms with van der Waals surface area (Å²) in [6, 6.07) is 30.5. The molecule has 0 aliphatic carbocycles. The van der Waals surface area contributed by atoms with Crippen LogP contribution in [0.2, 0.25) is 0 Å². The molecule has 0 saturated heterocycles. The second-order valence-electron chi connectivity index (χ2n) is 7.02. The van der Waals surface area contributed by atoms with Crippen LogP contribution in [0.1, 0.15) is 10.4 Å². The maximum atomic E-state index is 14.6. The van der Waals surface area contributed by atoms with Gasteiger partial charge in [0.25, 0.3) is 0 Å². The predicted octanol–water partition coefficient (Wildman–Crippen LogP) is 2.95. The van der Waals surface area contributed by atoms with Gasteiger partial charge in [0.15, 0.2) is 12.8 Å². The number of esters is 1. The Morgan fingerprint density at radius 2 is 1.34 bits per heavy atom. The highest BCUT2D eigenvalue weighted by molar-refractivity contribution is 7.85. The number of nitrogens with one attached hydrogen (secondary N) is 1. The van der Waals surface area contributed by atoms with E-state index >= 15 is 0 Å². The summed E-state index contributed by atoms with van der Waals surface area (Å²) in [7, 11) is -3.36. The molecule has 0 heterocycles. The maximum absolute atomic E-state index is 14.6. The van der Waals surface area contributed by atoms with Crippen molar-refractivity contribution >= 4 is 34.7 Å². The van der Waals surface area contributed by atoms with E-state index in [4.69, 9.17) is 4.74 Å². The van der Waals surface area contributed by atoms with E-state index < -0.39 is 18.3 Å². The van der Waals surface area contributed by atoms with Gasteiger partial charge in [0, 0.05) is 22.7 Å². The van der Waals surface area contributed by atoms with Gasteiger partial charge in [-0.15, -0.1) is 0 Å². The number of rotatable bonds is 6. The number of hydrogen-bond donors (Lipinski definition) is 2. The van der Waals surface area contributed by atoms with E-state index in [-0.39, 0.29) is 17.0 Å². The molecule has 0 bridgehead atoms. The molecular weight excluding hydrogens is 425 g/mol. The predicted molar refractivity (Wildman–Crippen MR) is 123 cm³/mol. The Kier molecular flexibility index (Phi) is 6.30. The zero-order chi connectivity index (χ0) is 22.6. The SMILES string of the molecule is O=C(Oc1ccccc1P(=O)(c1ccccc1)c1ccccc1)c1cccc([NH+]([O-])O)c1. The number of benzene rings is 4. The smallest absolute Gasteiger partial charge is 0.343 e. The Balaban J connectivity index is 1.80. The summed E-state index contributed by atoms with van der Waals surface area (Å²) in [6.07, 6.45) is 0. The van der Waals surface area contributed by atoms with E-state index in [1.54, 1.807) is 48.5 Å². The second-order valence-corrected chi connectivity index (χ2v) is 9.76. The lowest BCUT2D eigenvalue weighted by molar-refractivity contribution is -0.991. The van der Waals surface area contributed by atoms with Crippen molar-refractivity contribution in [2.24, 2.45) is 0 Å². The van der Waals surface area contributed by atoms with Crippen LogP contribution in [0.25, 0.3) is 0 Å². The van der Waals surface area contributed by atoms with Crippen molar-refractivity contribution < 1.29 is 24.5 Å². The fraction of sp³-hybridized carbons (Fsp3) is 0. The van der Waals surface area contributed by atoms with Gasteiger partial charge in [0.05, 0.1) is 10.9 Å². The van der Waals surface area contributed by atoms with Crippen molar-refractivity contribution in [3.63, 3.8) is 0 Å². The molecule has 160 valence electrons. The molecule has 1 atom stereocenters. The van der Waals surface area contributed by atoms with Crippen LogP contribution in [-0.2, 0) is 4.57 Å². The summed E-state index contributed by atoms with van der Waals surface area (Å²) in [5.41, 5.74) is 0.0703. The zero-order valence-electron chi connectivity index (χ0n) is 16.9. The highest BCUT2D eigenvalue weighted by Gasteiger charge is 2.33. The van der Waals surface area contributed by atoms with Crippen LogP contribution >= 0.6 is 7.14 Å². The number of ether oxygens (including phenoxy) is 1. The van der Waals surface area contributed by atoms with E-state index in [1.165, 1.54) is 24.3 Å². The standard InChI is InChI=1S/C25H20NO5P/c27-25(19-10-9-11-20(18-19)26(28)29)31-23-16-7-8-17-24(23)32(30,21-12-3-1-4-13-21)22-14-5-2-6-15-22/h1-18,26,28H. The van der Waals surface area contributed by atoms with Crippen LogP contribution in [-0.4, -0.2) is 11.2 Å². The fourth-order valence-electron chi connectivity index (χ4n) is 3.44. The molecule has 1 unspecified atom stereocenters. The van der Waals surface area contributed by atoms with Crippen LogP contribution in [0, 0.1) is 5.21 Å². The van der Waals surface area contributed by atoms with Crippen molar-refractivity contribution in [2.75, 3.05) is 0 Å². The van der Waals surface area contributed by atoms with Gasteiger partial charge >= 0.3 is 5.97 Å². The molecule has 0 aliphatic rings. The minimum absolute atomic E-state index is 0.0213. The van der Waals surface area contributed by atoms with E-state index in [2.05, 4.69) is 0 Å². The molecule has 0 fully saturated rings. The Bertz CT molecular complexity index is 1230. The molecule has 0 amide bonds. The van der Waals surface area contributed by atoms with Crippen LogP contribution in [0.4, 0.5) is 5.69 Å². The molecule has 4 aromatic rings. The lowest BCUT2D eigenvalue weighted by Gasteiger charge is -2.22. The molecule has 0 aromatic heterocycles. The van der Waals surface area contributed by atoms with Crippen molar-refractivity contribution in [2.45, 2.75) is 0 Å². The quantitative estimate of drug-likeness (QED) is 0.206. The second kappa shape index (κ2) is 9.30. The minimum atomic E-state index is -3.36. The van der Waals surface area contributed by atoms with Crippen molar-refractivity contribution in [3.8, 4) is 5.75 Å². The topological polar surface area (TPSA) is 91.1 Å². The Hall–Kier alpha value is -3.54. The first-order valence-corrected chi connectivity index (χ1v) is 11.6. The van der Waals surface area contributed by atoms with Gasteiger partial charge < -0.3 is 14.5 Å². The van der Waals surface area contributed by atoms with Gasteiger partial charge in [-0.05, 0) is 18.2 Å². The lowest BCUT2D eigenvalue weighted by Crippen LogP contribution is -2.99. The monoisotopic (exact) mass is 445 g/mol. The Morgan fingerprint density at radius 1 is 0.781 bits per heavy atom. The number of para-hydroxylation sites is 1. The van der Waals surface area contributed by atoms with E-state index in [9.17, 15) is 19.8 Å². The number of hydrogen-bond acceptors (Lipinski definition) is 5. The molecular formula is C25H20NO5P. The Labute approximate surface area is 185 Å². The summed E-state index contributed by atoms with van der Waals surface area (Å²) in [6.45, 7) is 0. The summed E-state index contributed by atoms with van der Waals surface area (Å²) < 4.78 is 20.3. The molecule has 7 heteroatoms. The minimum Gasteiger partial charge on any atom is -0.595 e. The molecule has 2 N–H and O–H groups in total. The first kappa shape index (κ1) is 21.7. The van der Waals surface area contributed by atoms with Gasteiger partial charge in [-0.1, -0.05) is 78.9 Å². The van der Waals surface area contributed by atoms with Gasteiger partial charge in [0.1, 0.15) is 5.75 Å². The molecule has 0 saturated carbocycles. The summed E-state index contributed by atoms with van der Waals surface area (Å²) in [5, 5.41) is 20.9. The van der Waals surface area contributed by atoms with Crippen molar-refractivity contribution in [1.82, 2.24) is 0 Å². The molecule has 0 spiro atoms. The molecule has 4 aromatic carbocycles. The van der Waals surface area contributed by atoms with Gasteiger partial charge in [-0.3, -0.25) is 0 Å². The molecule has 32 heavy (non-hydrogen) atoms. The fourth-order valence-corrected chi connectivity index (χ4v) is 6.21. The highest BCUT2D eigenvalue weighted by atomic mass is 31.2. The van der Waals surface area contributed by atoms with Crippen molar-refractivity contribution in [1.29, 1.82) is 0 Å². The normalized spacial score (nSPS) is 12.2. The number of carbonyl (C=O) groups is 1. The molecule has 4 rings (SSSR count). The van der Waals surface area contributed by atoms with Crippen LogP contribution < -0.4 is 25.9 Å². The number of carbonyl (C=O) groups excluding carboxylic acids is 1. The molecule has 0 radical (unpaired) electrons. The van der Waals surface area contributed by atoms with Crippen LogP contribution in [0.3, 0.4) is 0 Å². The first-order valence-electron chi connectivity index (χ1n) is 9.86. The van der Waals surface area contributed by atoms with Gasteiger partial charge in [-0.25, -0.2) is 10.0 Å². The van der Waals surface area contributed by atoms with Crippen molar-refractivity contribution in [3.05, 3.63) is 120 Å². The third kappa shape index (κ3) is 4.26. The van der Waals surface area contributed by atoms with E-state index in [0.29, 0.717) is 15.9 Å². The lowest BCUT2D eigenvalue weighted by atomic mass is 10.2. The summed E-state index contributed by atoms with van der Waals surface area (Å²) in [5.74, 6) is -0.567. The highest BCUT2D eigenvalue weighted by Crippen LogP contribution is 2.45. The van der Waals surface area contributed by atoms with Gasteiger partial charge in [-0.2, -0.15) is 5.23 Å². The van der Waals surface area contributed by atoms with E-state index in [0.717, 1.165) is 0 Å². The molecule has 0 aliphatic heterocycles. The Morgan fingerprint density at radius 3 is 1.94 bits per heavy atom. The summed E-state index contributed by atoms with van der Waals surface area (Å²) in [4.78, 5) is 12.8. The van der Waals surface area contributed by atoms with Crippen LogP contribution in [0.15, 0.2) is 109 Å². The average Bonchev–Trinajstić information content (AvgIpc) is 2.85. The molecule has 6 nitrogen and oxygen atoms in total. The number of quaternary nitrogens is 1. The first-order chi connectivity index (χ1) is 15.5. The summed E-state index contributed by atoms with van der Waals surface area (Å²) >= 11 is 0. The average molecular weight is 445 g/mol. The van der Waals surface area contributed by atoms with E-state index in [1.807, 2.05) is 36.4 Å². The third-order valence-corrected chi connectivity index (χ3v) is 8.09.